The van der Waals surface area contributed by atoms with E-state index in [1.54, 1.807) is 11.8 Å². The molecule has 1 aliphatic rings. The molecule has 4 heteroatoms. The molecule has 1 atom stereocenters. The Hall–Kier alpha value is -0.610. The van der Waals surface area contributed by atoms with Crippen LogP contribution in [0.25, 0.3) is 0 Å². The molecule has 0 saturated carbocycles. The van der Waals surface area contributed by atoms with E-state index >= 15 is 0 Å². The Labute approximate surface area is 70.9 Å². The lowest BCUT2D eigenvalue weighted by Gasteiger charge is -2.05. The zero-order valence-corrected chi connectivity index (χ0v) is 7.37. The van der Waals surface area contributed by atoms with E-state index in [1.165, 1.54) is 0 Å². The quantitative estimate of drug-likeness (QED) is 0.418. The summed E-state index contributed by atoms with van der Waals surface area (Å²) in [5.74, 6) is 6.68. The fraction of sp³-hybridized carbons (Fsp3) is 0.429. The third-order valence-corrected chi connectivity index (χ3v) is 3.16. The first-order chi connectivity index (χ1) is 5.16. The first-order valence-electron chi connectivity index (χ1n) is 3.45. The molecule has 5 N–H and O–H groups in total. The molecule has 1 rings (SSSR count). The molecular weight excluding hydrogens is 158 g/mol. The number of hydrogen-bond donors (Lipinski definition) is 3. The highest BCUT2D eigenvalue weighted by atomic mass is 32.2. The van der Waals surface area contributed by atoms with Gasteiger partial charge in [-0.05, 0) is 0 Å². The summed E-state index contributed by atoms with van der Waals surface area (Å²) in [6.07, 6.45) is 0. The van der Waals surface area contributed by atoms with E-state index in [0.29, 0.717) is 5.92 Å². The van der Waals surface area contributed by atoms with E-state index in [9.17, 15) is 0 Å². The van der Waals surface area contributed by atoms with Crippen molar-refractivity contribution in [3.8, 4) is 0 Å². The predicted octanol–water partition coefficient (Wildman–Crippen LogP) is 0.517. The Morgan fingerprint density at radius 2 is 2.45 bits per heavy atom. The fourth-order valence-electron chi connectivity index (χ4n) is 0.932. The number of nitrogens with two attached hydrogens (primary N) is 2. The van der Waals surface area contributed by atoms with E-state index in [-0.39, 0.29) is 0 Å². The second kappa shape index (κ2) is 3.19. The average Bonchev–Trinajstić information content (AvgIpc) is 2.32. The van der Waals surface area contributed by atoms with Crippen LogP contribution in [0.15, 0.2) is 22.9 Å². The third-order valence-electron chi connectivity index (χ3n) is 1.72. The topological polar surface area (TPSA) is 64.1 Å². The van der Waals surface area contributed by atoms with Crippen LogP contribution in [0.1, 0.15) is 6.92 Å². The molecule has 0 aliphatic carbocycles. The van der Waals surface area contributed by atoms with E-state index in [4.69, 9.17) is 11.6 Å². The van der Waals surface area contributed by atoms with Crippen LogP contribution in [0, 0.1) is 5.92 Å². The Morgan fingerprint density at radius 3 is 2.82 bits per heavy atom. The highest BCUT2D eigenvalue weighted by Gasteiger charge is 2.21. The minimum Gasteiger partial charge on any atom is -0.401 e. The number of hydrazine groups is 1. The lowest BCUT2D eigenvalue weighted by Crippen LogP contribution is -2.21. The fourth-order valence-corrected chi connectivity index (χ4v) is 2.13. The smallest absolute Gasteiger partial charge is 0.0566 e. The number of nitrogens with one attached hydrogen (secondary N) is 1. The van der Waals surface area contributed by atoms with Crippen molar-refractivity contribution in [1.29, 1.82) is 0 Å². The van der Waals surface area contributed by atoms with E-state index in [2.05, 4.69) is 18.9 Å². The van der Waals surface area contributed by atoms with Crippen molar-refractivity contribution in [2.75, 3.05) is 5.75 Å². The van der Waals surface area contributed by atoms with Crippen LogP contribution < -0.4 is 17.0 Å². The summed E-state index contributed by atoms with van der Waals surface area (Å²) in [6.45, 7) is 5.84. The van der Waals surface area contributed by atoms with Gasteiger partial charge in [0, 0.05) is 17.4 Å². The van der Waals surface area contributed by atoms with Gasteiger partial charge in [-0.3, -0.25) is 5.84 Å². The largest absolute Gasteiger partial charge is 0.401 e. The van der Waals surface area contributed by atoms with Crippen LogP contribution in [0.5, 0.6) is 0 Å². The van der Waals surface area contributed by atoms with Gasteiger partial charge in [0.1, 0.15) is 0 Å². The first-order valence-corrected chi connectivity index (χ1v) is 4.43. The van der Waals surface area contributed by atoms with Crippen LogP contribution >= 0.6 is 11.8 Å². The van der Waals surface area contributed by atoms with Gasteiger partial charge in [-0.25, -0.2) is 0 Å². The van der Waals surface area contributed by atoms with E-state index < -0.39 is 0 Å². The van der Waals surface area contributed by atoms with Crippen molar-refractivity contribution in [2.45, 2.75) is 6.92 Å². The summed E-state index contributed by atoms with van der Waals surface area (Å²) >= 11 is 1.70. The molecule has 1 heterocycles. The maximum Gasteiger partial charge on any atom is 0.0566 e. The van der Waals surface area contributed by atoms with Gasteiger partial charge in [-0.15, -0.1) is 11.8 Å². The molecule has 0 aromatic heterocycles. The van der Waals surface area contributed by atoms with Crippen LogP contribution in [-0.4, -0.2) is 5.75 Å². The lowest BCUT2D eigenvalue weighted by molar-refractivity contribution is 0.777. The second-order valence-corrected chi connectivity index (χ2v) is 3.65. The van der Waals surface area contributed by atoms with Gasteiger partial charge >= 0.3 is 0 Å². The number of allylic oxidation sites excluding steroid dienone is 1. The van der Waals surface area contributed by atoms with Gasteiger partial charge in [0.2, 0.25) is 0 Å². The summed E-state index contributed by atoms with van der Waals surface area (Å²) in [4.78, 5) is 1.01. The highest BCUT2D eigenvalue weighted by Crippen LogP contribution is 2.35. The van der Waals surface area contributed by atoms with Gasteiger partial charge in [0.05, 0.1) is 10.6 Å². The minimum atomic E-state index is 0.445. The molecule has 0 aromatic carbocycles. The van der Waals surface area contributed by atoms with Crippen LogP contribution in [0.3, 0.4) is 0 Å². The normalized spacial score (nSPS) is 24.0. The number of hydrogen-bond acceptors (Lipinski definition) is 4. The van der Waals surface area contributed by atoms with Crippen molar-refractivity contribution in [3.63, 3.8) is 0 Å². The standard InChI is InChI=1S/C7H13N3S/c1-4-3-11-7(6(4)8)5(2)10-9/h4,10H,2-3,8-9H2,1H3. The Morgan fingerprint density at radius 1 is 1.82 bits per heavy atom. The Balaban J connectivity index is 2.79. The molecular formula is C7H13N3S. The van der Waals surface area contributed by atoms with Gasteiger partial charge in [0.25, 0.3) is 0 Å². The monoisotopic (exact) mass is 171 g/mol. The molecule has 0 radical (unpaired) electrons. The van der Waals surface area contributed by atoms with Crippen molar-refractivity contribution in [1.82, 2.24) is 5.43 Å². The SMILES string of the molecule is C=C(NN)C1=C(N)C(C)CS1. The summed E-state index contributed by atoms with van der Waals surface area (Å²) in [5.41, 5.74) is 9.93. The summed E-state index contributed by atoms with van der Waals surface area (Å²) < 4.78 is 0. The maximum absolute atomic E-state index is 5.80. The Bertz CT molecular complexity index is 210. The van der Waals surface area contributed by atoms with Gasteiger partial charge < -0.3 is 11.2 Å². The third kappa shape index (κ3) is 1.52. The maximum atomic E-state index is 5.80. The van der Waals surface area contributed by atoms with Crippen molar-refractivity contribution in [3.05, 3.63) is 22.9 Å². The van der Waals surface area contributed by atoms with Gasteiger partial charge in [0.15, 0.2) is 0 Å². The van der Waals surface area contributed by atoms with Crippen molar-refractivity contribution in [2.24, 2.45) is 17.5 Å². The first kappa shape index (κ1) is 8.49. The van der Waals surface area contributed by atoms with Crippen LogP contribution in [0.4, 0.5) is 0 Å². The summed E-state index contributed by atoms with van der Waals surface area (Å²) in [7, 11) is 0. The second-order valence-electron chi connectivity index (χ2n) is 2.62. The zero-order chi connectivity index (χ0) is 8.43. The van der Waals surface area contributed by atoms with E-state index in [0.717, 1.165) is 22.1 Å². The number of rotatable bonds is 2. The zero-order valence-electron chi connectivity index (χ0n) is 6.55. The van der Waals surface area contributed by atoms with E-state index in [1.807, 2.05) is 0 Å². The van der Waals surface area contributed by atoms with Crippen LogP contribution in [0.2, 0.25) is 0 Å². The summed E-state index contributed by atoms with van der Waals surface area (Å²) in [5, 5.41) is 0. The molecule has 3 nitrogen and oxygen atoms in total. The van der Waals surface area contributed by atoms with Crippen molar-refractivity contribution >= 4 is 11.8 Å². The molecule has 0 saturated heterocycles. The minimum absolute atomic E-state index is 0.445. The molecule has 0 bridgehead atoms. The lowest BCUT2D eigenvalue weighted by atomic mass is 10.1. The molecule has 0 amide bonds. The predicted molar refractivity (Wildman–Crippen MR) is 49.3 cm³/mol. The molecule has 1 aliphatic heterocycles. The molecule has 62 valence electrons. The van der Waals surface area contributed by atoms with Gasteiger partial charge in [-0.2, -0.15) is 0 Å². The summed E-state index contributed by atoms with van der Waals surface area (Å²) in [6, 6.07) is 0. The average molecular weight is 171 g/mol. The Kier molecular flexibility index (Phi) is 2.46. The van der Waals surface area contributed by atoms with Crippen LogP contribution in [-0.2, 0) is 0 Å². The molecule has 0 aromatic rings. The molecule has 0 spiro atoms. The molecule has 1 unspecified atom stereocenters. The highest BCUT2D eigenvalue weighted by molar-refractivity contribution is 8.03. The van der Waals surface area contributed by atoms with Gasteiger partial charge in [-0.1, -0.05) is 13.5 Å². The van der Waals surface area contributed by atoms with Crippen molar-refractivity contribution < 1.29 is 0 Å². The molecule has 11 heavy (non-hydrogen) atoms. The number of thioether (sulfide) groups is 1. The molecule has 0 fully saturated rings.